The maximum absolute atomic E-state index is 6.00. The molecule has 0 atom stereocenters. The summed E-state index contributed by atoms with van der Waals surface area (Å²) < 4.78 is 5.81. The van der Waals surface area contributed by atoms with E-state index in [9.17, 15) is 0 Å². The number of benzene rings is 1. The average Bonchev–Trinajstić information content (AvgIpc) is 2.43. The van der Waals surface area contributed by atoms with E-state index >= 15 is 0 Å². The fourth-order valence-electron chi connectivity index (χ4n) is 2.02. The zero-order chi connectivity index (χ0) is 15.2. The molecule has 5 heteroatoms. The summed E-state index contributed by atoms with van der Waals surface area (Å²) in [6, 6.07) is 9.21. The molecular formula is C16H18Cl2N2O. The van der Waals surface area contributed by atoms with E-state index in [1.54, 1.807) is 18.2 Å². The van der Waals surface area contributed by atoms with Gasteiger partial charge in [0.2, 0.25) is 5.88 Å². The molecule has 112 valence electrons. The summed E-state index contributed by atoms with van der Waals surface area (Å²) in [7, 11) is 1.92. The smallest absolute Gasteiger partial charge is 0.219 e. The summed E-state index contributed by atoms with van der Waals surface area (Å²) in [5.41, 5.74) is 2.17. The lowest BCUT2D eigenvalue weighted by atomic mass is 10.1. The van der Waals surface area contributed by atoms with Gasteiger partial charge >= 0.3 is 0 Å². The third-order valence-electron chi connectivity index (χ3n) is 2.92. The zero-order valence-corrected chi connectivity index (χ0v) is 13.6. The second-order valence-electron chi connectivity index (χ2n) is 4.76. The summed E-state index contributed by atoms with van der Waals surface area (Å²) >= 11 is 11.9. The molecule has 1 heterocycles. The van der Waals surface area contributed by atoms with Gasteiger partial charge in [-0.3, -0.25) is 0 Å². The lowest BCUT2D eigenvalue weighted by Crippen LogP contribution is -2.06. The van der Waals surface area contributed by atoms with Crippen molar-refractivity contribution in [1.29, 1.82) is 0 Å². The van der Waals surface area contributed by atoms with Crippen LogP contribution in [0, 0.1) is 0 Å². The van der Waals surface area contributed by atoms with Crippen LogP contribution in [0.5, 0.6) is 11.6 Å². The number of aryl methyl sites for hydroxylation is 1. The number of nitrogens with zero attached hydrogens (tertiary/aromatic N) is 1. The lowest BCUT2D eigenvalue weighted by molar-refractivity contribution is 0.459. The van der Waals surface area contributed by atoms with Crippen LogP contribution in [0.25, 0.3) is 0 Å². The number of rotatable bonds is 6. The first-order valence-corrected chi connectivity index (χ1v) is 7.65. The minimum Gasteiger partial charge on any atom is -0.439 e. The van der Waals surface area contributed by atoms with Crippen molar-refractivity contribution in [3.8, 4) is 11.6 Å². The van der Waals surface area contributed by atoms with Crippen molar-refractivity contribution in [2.45, 2.75) is 26.3 Å². The molecule has 0 saturated carbocycles. The molecule has 21 heavy (non-hydrogen) atoms. The third-order valence-corrected chi connectivity index (χ3v) is 3.65. The van der Waals surface area contributed by atoms with Crippen molar-refractivity contribution in [3.05, 3.63) is 51.6 Å². The van der Waals surface area contributed by atoms with Gasteiger partial charge in [0.05, 0.1) is 10.0 Å². The molecule has 0 aliphatic rings. The Bertz CT molecular complexity index is 593. The van der Waals surface area contributed by atoms with E-state index in [0.717, 1.165) is 30.6 Å². The summed E-state index contributed by atoms with van der Waals surface area (Å²) in [6.07, 6.45) is 1.97. The van der Waals surface area contributed by atoms with E-state index in [0.29, 0.717) is 21.7 Å². The standard InChI is InChI=1S/C16H18Cl2N2O/c1-3-4-12-7-11(10-19-2)8-16(20-12)21-13-5-6-14(17)15(18)9-13/h5-9,19H,3-4,10H2,1-2H3. The molecule has 0 aliphatic heterocycles. The van der Waals surface area contributed by atoms with Crippen LogP contribution in [-0.4, -0.2) is 12.0 Å². The van der Waals surface area contributed by atoms with E-state index in [-0.39, 0.29) is 0 Å². The first-order chi connectivity index (χ1) is 10.1. The molecular weight excluding hydrogens is 307 g/mol. The van der Waals surface area contributed by atoms with Gasteiger partial charge in [-0.05, 0) is 37.2 Å². The zero-order valence-electron chi connectivity index (χ0n) is 12.1. The van der Waals surface area contributed by atoms with Crippen LogP contribution < -0.4 is 10.1 Å². The number of halogens is 2. The van der Waals surface area contributed by atoms with Crippen molar-refractivity contribution in [2.75, 3.05) is 7.05 Å². The van der Waals surface area contributed by atoms with E-state index in [1.165, 1.54) is 0 Å². The van der Waals surface area contributed by atoms with Crippen LogP contribution >= 0.6 is 23.2 Å². The second-order valence-corrected chi connectivity index (χ2v) is 5.58. The molecule has 1 aromatic heterocycles. The van der Waals surface area contributed by atoms with Gasteiger partial charge in [-0.2, -0.15) is 0 Å². The highest BCUT2D eigenvalue weighted by atomic mass is 35.5. The van der Waals surface area contributed by atoms with Crippen LogP contribution in [0.1, 0.15) is 24.6 Å². The monoisotopic (exact) mass is 324 g/mol. The molecule has 0 fully saturated rings. The predicted octanol–water partition coefficient (Wildman–Crippen LogP) is 4.85. The molecule has 2 rings (SSSR count). The highest BCUT2D eigenvalue weighted by molar-refractivity contribution is 6.42. The largest absolute Gasteiger partial charge is 0.439 e. The molecule has 0 saturated heterocycles. The number of hydrogen-bond acceptors (Lipinski definition) is 3. The number of nitrogens with one attached hydrogen (secondary N) is 1. The maximum Gasteiger partial charge on any atom is 0.219 e. The Kier molecular flexibility index (Phi) is 5.85. The maximum atomic E-state index is 6.00. The van der Waals surface area contributed by atoms with Crippen molar-refractivity contribution in [3.63, 3.8) is 0 Å². The quantitative estimate of drug-likeness (QED) is 0.824. The second kappa shape index (κ2) is 7.64. The number of ether oxygens (including phenoxy) is 1. The van der Waals surface area contributed by atoms with Crippen LogP contribution in [-0.2, 0) is 13.0 Å². The van der Waals surface area contributed by atoms with E-state index in [1.807, 2.05) is 13.1 Å². The molecule has 2 aromatic rings. The highest BCUT2D eigenvalue weighted by Gasteiger charge is 2.06. The van der Waals surface area contributed by atoms with Crippen LogP contribution in [0.2, 0.25) is 10.0 Å². The summed E-state index contributed by atoms with van der Waals surface area (Å²) in [4.78, 5) is 4.53. The Morgan fingerprint density at radius 2 is 1.95 bits per heavy atom. The van der Waals surface area contributed by atoms with E-state index < -0.39 is 0 Å². The van der Waals surface area contributed by atoms with Crippen molar-refractivity contribution < 1.29 is 4.74 Å². The van der Waals surface area contributed by atoms with E-state index in [4.69, 9.17) is 27.9 Å². The Balaban J connectivity index is 2.26. The minimum atomic E-state index is 0.467. The fraction of sp³-hybridized carbons (Fsp3) is 0.312. The SMILES string of the molecule is CCCc1cc(CNC)cc(Oc2ccc(Cl)c(Cl)c2)n1. The first-order valence-electron chi connectivity index (χ1n) is 6.89. The van der Waals surface area contributed by atoms with E-state index in [2.05, 4.69) is 23.3 Å². The van der Waals surface area contributed by atoms with Gasteiger partial charge in [0.1, 0.15) is 5.75 Å². The number of pyridine rings is 1. The molecule has 0 spiro atoms. The third kappa shape index (κ3) is 4.60. The fourth-order valence-corrected chi connectivity index (χ4v) is 2.31. The van der Waals surface area contributed by atoms with Crippen LogP contribution in [0.3, 0.4) is 0 Å². The molecule has 0 unspecified atom stereocenters. The van der Waals surface area contributed by atoms with Crippen molar-refractivity contribution >= 4 is 23.2 Å². The average molecular weight is 325 g/mol. The molecule has 1 aromatic carbocycles. The lowest BCUT2D eigenvalue weighted by Gasteiger charge is -2.10. The van der Waals surface area contributed by atoms with Gasteiger partial charge in [0.15, 0.2) is 0 Å². The number of hydrogen-bond donors (Lipinski definition) is 1. The molecule has 0 amide bonds. The van der Waals surface area contributed by atoms with Crippen LogP contribution in [0.15, 0.2) is 30.3 Å². The van der Waals surface area contributed by atoms with Gasteiger partial charge in [-0.25, -0.2) is 4.98 Å². The van der Waals surface area contributed by atoms with Gasteiger partial charge in [0.25, 0.3) is 0 Å². The predicted molar refractivity (Wildman–Crippen MR) is 87.5 cm³/mol. The normalized spacial score (nSPS) is 10.7. The molecule has 3 nitrogen and oxygen atoms in total. The van der Waals surface area contributed by atoms with Gasteiger partial charge in [-0.15, -0.1) is 0 Å². The molecule has 0 aliphatic carbocycles. The Labute approximate surface area is 135 Å². The summed E-state index contributed by atoms with van der Waals surface area (Å²) in [5, 5.41) is 4.11. The summed E-state index contributed by atoms with van der Waals surface area (Å²) in [5.74, 6) is 1.20. The van der Waals surface area contributed by atoms with Crippen molar-refractivity contribution in [2.24, 2.45) is 0 Å². The highest BCUT2D eigenvalue weighted by Crippen LogP contribution is 2.29. The Hall–Kier alpha value is -1.29. The topological polar surface area (TPSA) is 34.1 Å². The molecule has 1 N–H and O–H groups in total. The molecule has 0 bridgehead atoms. The number of aromatic nitrogens is 1. The van der Waals surface area contributed by atoms with Crippen LogP contribution in [0.4, 0.5) is 0 Å². The Morgan fingerprint density at radius 3 is 2.62 bits per heavy atom. The van der Waals surface area contributed by atoms with Gasteiger partial charge in [0, 0.05) is 24.4 Å². The minimum absolute atomic E-state index is 0.467. The van der Waals surface area contributed by atoms with Crippen molar-refractivity contribution in [1.82, 2.24) is 10.3 Å². The van der Waals surface area contributed by atoms with Gasteiger partial charge < -0.3 is 10.1 Å². The van der Waals surface area contributed by atoms with Gasteiger partial charge in [-0.1, -0.05) is 36.5 Å². The Morgan fingerprint density at radius 1 is 1.14 bits per heavy atom. The first kappa shape index (κ1) is 16.1. The molecule has 0 radical (unpaired) electrons. The summed E-state index contributed by atoms with van der Waals surface area (Å²) in [6.45, 7) is 2.91.